The van der Waals surface area contributed by atoms with Gasteiger partial charge in [0, 0.05) is 18.2 Å². The van der Waals surface area contributed by atoms with Gasteiger partial charge in [-0.15, -0.1) is 0 Å². The third-order valence-corrected chi connectivity index (χ3v) is 3.93. The van der Waals surface area contributed by atoms with Crippen LogP contribution in [-0.4, -0.2) is 15.1 Å². The van der Waals surface area contributed by atoms with Crippen molar-refractivity contribution < 1.29 is 9.50 Å². The third-order valence-electron chi connectivity index (χ3n) is 3.93. The van der Waals surface area contributed by atoms with E-state index in [1.54, 1.807) is 12.1 Å². The summed E-state index contributed by atoms with van der Waals surface area (Å²) in [5, 5.41) is 12.5. The van der Waals surface area contributed by atoms with E-state index in [1.165, 1.54) is 6.07 Å². The Balaban J connectivity index is 1.72. The van der Waals surface area contributed by atoms with Gasteiger partial charge in [-0.25, -0.2) is 9.18 Å². The maximum Gasteiger partial charge on any atom is 0.323 e. The molecular weight excluding hydrogens is 297 g/mol. The molecule has 1 heterocycles. The molecule has 5 nitrogen and oxygen atoms in total. The van der Waals surface area contributed by atoms with E-state index in [0.717, 1.165) is 22.2 Å². The van der Waals surface area contributed by atoms with E-state index >= 15 is 0 Å². The molecule has 0 saturated heterocycles. The number of benzene rings is 2. The molecule has 0 amide bonds. The van der Waals surface area contributed by atoms with E-state index in [0.29, 0.717) is 12.1 Å². The van der Waals surface area contributed by atoms with Gasteiger partial charge in [0.2, 0.25) is 0 Å². The number of imidazole rings is 1. The van der Waals surface area contributed by atoms with Gasteiger partial charge in [-0.05, 0) is 42.3 Å². The van der Waals surface area contributed by atoms with Crippen LogP contribution in [-0.2, 0) is 13.2 Å². The summed E-state index contributed by atoms with van der Waals surface area (Å²) in [4.78, 5) is 16.7. The van der Waals surface area contributed by atoms with Crippen LogP contribution in [0, 0.1) is 5.82 Å². The van der Waals surface area contributed by atoms with Gasteiger partial charge in [-0.1, -0.05) is 12.1 Å². The van der Waals surface area contributed by atoms with E-state index in [9.17, 15) is 9.18 Å². The van der Waals surface area contributed by atoms with Crippen molar-refractivity contribution in [1.82, 2.24) is 15.3 Å². The Morgan fingerprint density at radius 3 is 2.74 bits per heavy atom. The van der Waals surface area contributed by atoms with Crippen molar-refractivity contribution in [3.05, 3.63) is 69.4 Å². The van der Waals surface area contributed by atoms with Crippen molar-refractivity contribution >= 4 is 11.0 Å². The Kier molecular flexibility index (Phi) is 4.27. The zero-order valence-corrected chi connectivity index (χ0v) is 12.7. The molecule has 6 heteroatoms. The van der Waals surface area contributed by atoms with Crippen LogP contribution in [0.3, 0.4) is 0 Å². The summed E-state index contributed by atoms with van der Waals surface area (Å²) in [6.07, 6.45) is 0. The first-order chi connectivity index (χ1) is 11.1. The first-order valence-corrected chi connectivity index (χ1v) is 7.40. The SMILES string of the molecule is CC(NCc1ccc(F)c(CO)c1)c1ccc2[nH]c(=O)[nH]c2c1. The fraction of sp³-hybridized carbons (Fsp3) is 0.235. The normalized spacial score (nSPS) is 12.7. The van der Waals surface area contributed by atoms with Crippen LogP contribution in [0.5, 0.6) is 0 Å². The van der Waals surface area contributed by atoms with Gasteiger partial charge >= 0.3 is 5.69 Å². The van der Waals surface area contributed by atoms with Gasteiger partial charge < -0.3 is 20.4 Å². The number of nitrogens with one attached hydrogen (secondary N) is 3. The van der Waals surface area contributed by atoms with E-state index in [-0.39, 0.29) is 18.3 Å². The Morgan fingerprint density at radius 2 is 1.96 bits per heavy atom. The monoisotopic (exact) mass is 315 g/mol. The standard InChI is InChI=1S/C17H18FN3O2/c1-10(12-3-5-15-16(7-12)21-17(23)20-15)19-8-11-2-4-14(18)13(6-11)9-22/h2-7,10,19,22H,8-9H2,1H3,(H2,20,21,23). The van der Waals surface area contributed by atoms with Gasteiger partial charge in [0.1, 0.15) is 5.82 Å². The summed E-state index contributed by atoms with van der Waals surface area (Å²) in [7, 11) is 0. The number of hydrogen-bond donors (Lipinski definition) is 4. The number of rotatable bonds is 5. The minimum absolute atomic E-state index is 0.0560. The number of aromatic nitrogens is 2. The van der Waals surface area contributed by atoms with Crippen LogP contribution in [0.25, 0.3) is 11.0 Å². The largest absolute Gasteiger partial charge is 0.392 e. The molecule has 1 atom stereocenters. The quantitative estimate of drug-likeness (QED) is 0.583. The second-order valence-corrected chi connectivity index (χ2v) is 5.57. The zero-order valence-electron chi connectivity index (χ0n) is 12.7. The van der Waals surface area contributed by atoms with Crippen molar-refractivity contribution in [2.45, 2.75) is 26.1 Å². The summed E-state index contributed by atoms with van der Waals surface area (Å²) in [6, 6.07) is 10.5. The maximum atomic E-state index is 13.4. The molecule has 0 spiro atoms. The van der Waals surface area contributed by atoms with Crippen molar-refractivity contribution in [1.29, 1.82) is 0 Å². The zero-order chi connectivity index (χ0) is 16.4. The molecule has 4 N–H and O–H groups in total. The van der Waals surface area contributed by atoms with Gasteiger partial charge in [0.15, 0.2) is 0 Å². The summed E-state index contributed by atoms with van der Waals surface area (Å²) < 4.78 is 13.4. The maximum absolute atomic E-state index is 13.4. The molecule has 0 aliphatic rings. The molecule has 0 aliphatic heterocycles. The molecule has 0 fully saturated rings. The first kappa shape index (κ1) is 15.5. The smallest absolute Gasteiger partial charge is 0.323 e. The van der Waals surface area contributed by atoms with Crippen molar-refractivity contribution in [2.75, 3.05) is 0 Å². The van der Waals surface area contributed by atoms with Gasteiger partial charge in [-0.3, -0.25) is 0 Å². The Hall–Kier alpha value is -2.44. The number of hydrogen-bond acceptors (Lipinski definition) is 3. The highest BCUT2D eigenvalue weighted by molar-refractivity contribution is 5.75. The minimum atomic E-state index is -0.397. The van der Waals surface area contributed by atoms with Crippen LogP contribution in [0.2, 0.25) is 0 Å². The molecule has 0 aliphatic carbocycles. The lowest BCUT2D eigenvalue weighted by molar-refractivity contribution is 0.275. The summed E-state index contributed by atoms with van der Waals surface area (Å²) >= 11 is 0. The third kappa shape index (κ3) is 3.33. The molecule has 23 heavy (non-hydrogen) atoms. The summed E-state index contributed by atoms with van der Waals surface area (Å²) in [5.41, 5.74) is 3.56. The molecule has 3 aromatic rings. The number of aromatic amines is 2. The van der Waals surface area contributed by atoms with Crippen LogP contribution < -0.4 is 11.0 Å². The van der Waals surface area contributed by atoms with E-state index in [1.807, 2.05) is 25.1 Å². The van der Waals surface area contributed by atoms with Crippen LogP contribution in [0.15, 0.2) is 41.2 Å². The average molecular weight is 315 g/mol. The molecule has 0 bridgehead atoms. The molecule has 1 aromatic heterocycles. The number of aliphatic hydroxyl groups excluding tert-OH is 1. The number of fused-ring (bicyclic) bond motifs is 1. The Bertz CT molecular complexity index is 885. The highest BCUT2D eigenvalue weighted by Crippen LogP contribution is 2.18. The summed E-state index contributed by atoms with van der Waals surface area (Å²) in [6.45, 7) is 2.26. The van der Waals surface area contributed by atoms with Gasteiger partial charge in [-0.2, -0.15) is 0 Å². The highest BCUT2D eigenvalue weighted by Gasteiger charge is 2.08. The van der Waals surface area contributed by atoms with E-state index in [2.05, 4.69) is 15.3 Å². The van der Waals surface area contributed by atoms with E-state index < -0.39 is 5.82 Å². The molecular formula is C17H18FN3O2. The fourth-order valence-electron chi connectivity index (χ4n) is 2.57. The fourth-order valence-corrected chi connectivity index (χ4v) is 2.57. The molecule has 0 saturated carbocycles. The molecule has 3 rings (SSSR count). The number of H-pyrrole nitrogens is 2. The highest BCUT2D eigenvalue weighted by atomic mass is 19.1. The van der Waals surface area contributed by atoms with Gasteiger partial charge in [0.25, 0.3) is 0 Å². The molecule has 0 radical (unpaired) electrons. The number of aliphatic hydroxyl groups is 1. The minimum Gasteiger partial charge on any atom is -0.392 e. The lowest BCUT2D eigenvalue weighted by Crippen LogP contribution is -2.18. The predicted molar refractivity (Wildman–Crippen MR) is 86.5 cm³/mol. The van der Waals surface area contributed by atoms with Crippen LogP contribution in [0.1, 0.15) is 29.7 Å². The lowest BCUT2D eigenvalue weighted by atomic mass is 10.1. The Morgan fingerprint density at radius 1 is 1.17 bits per heavy atom. The van der Waals surface area contributed by atoms with Crippen LogP contribution >= 0.6 is 0 Å². The molecule has 2 aromatic carbocycles. The molecule has 1 unspecified atom stereocenters. The Labute approximate surface area is 132 Å². The summed E-state index contributed by atoms with van der Waals surface area (Å²) in [5.74, 6) is -0.397. The first-order valence-electron chi connectivity index (χ1n) is 7.40. The second-order valence-electron chi connectivity index (χ2n) is 5.57. The van der Waals surface area contributed by atoms with Gasteiger partial charge in [0.05, 0.1) is 17.6 Å². The predicted octanol–water partition coefficient (Wildman–Crippen LogP) is 2.34. The van der Waals surface area contributed by atoms with Crippen molar-refractivity contribution in [3.8, 4) is 0 Å². The van der Waals surface area contributed by atoms with E-state index in [4.69, 9.17) is 5.11 Å². The lowest BCUT2D eigenvalue weighted by Gasteiger charge is -2.15. The number of halogens is 1. The van der Waals surface area contributed by atoms with Crippen molar-refractivity contribution in [2.24, 2.45) is 0 Å². The second kappa shape index (κ2) is 6.36. The van der Waals surface area contributed by atoms with Crippen molar-refractivity contribution in [3.63, 3.8) is 0 Å². The topological polar surface area (TPSA) is 80.9 Å². The molecule has 120 valence electrons. The average Bonchev–Trinajstić information content (AvgIpc) is 2.92. The van der Waals surface area contributed by atoms with Crippen LogP contribution in [0.4, 0.5) is 4.39 Å².